The first kappa shape index (κ1) is 24.5. The number of hydrogen-bond donors (Lipinski definition) is 1. The number of ether oxygens (including phenoxy) is 1. The number of carboxylic acid groups (broad SMARTS) is 1. The predicted octanol–water partition coefficient (Wildman–Crippen LogP) is 5.65. The van der Waals surface area contributed by atoms with Crippen LogP contribution in [0.3, 0.4) is 0 Å². The van der Waals surface area contributed by atoms with E-state index >= 15 is 0 Å². The zero-order valence-corrected chi connectivity index (χ0v) is 20.1. The normalized spacial score (nSPS) is 12.7. The molecule has 1 heterocycles. The van der Waals surface area contributed by atoms with E-state index < -0.39 is 5.97 Å². The number of fused-ring (bicyclic) bond motifs is 1. The smallest absolute Gasteiger partial charge is 0.335 e. The van der Waals surface area contributed by atoms with Crippen LogP contribution in [0, 0.1) is 5.82 Å². The van der Waals surface area contributed by atoms with E-state index in [0.29, 0.717) is 53.1 Å². The molecule has 0 saturated carbocycles. The Labute approximate surface area is 208 Å². The molecule has 0 bridgehead atoms. The molecule has 182 valence electrons. The van der Waals surface area contributed by atoms with E-state index in [2.05, 4.69) is 0 Å². The standard InChI is InChI=1S/C27H26ClFN2O4/c1-2-35-25-11-8-19(15-26(32)33)14-22(25)20-9-10-24(29)21-12-13-30(17-23(20)21)27(34)31(28)16-18-6-4-3-5-7-18/h3-11,14H,2,12-13,15-17H2,1H3,(H,32,33). The lowest BCUT2D eigenvalue weighted by molar-refractivity contribution is -0.136. The van der Waals surface area contributed by atoms with Crippen molar-refractivity contribution in [3.05, 3.63) is 88.7 Å². The molecule has 0 aromatic heterocycles. The average Bonchev–Trinajstić information content (AvgIpc) is 2.85. The molecule has 0 spiro atoms. The summed E-state index contributed by atoms with van der Waals surface area (Å²) in [5.74, 6) is -0.705. The van der Waals surface area contributed by atoms with Crippen molar-refractivity contribution in [3.63, 3.8) is 0 Å². The first-order valence-electron chi connectivity index (χ1n) is 11.4. The van der Waals surface area contributed by atoms with Crippen molar-refractivity contribution in [1.82, 2.24) is 9.32 Å². The summed E-state index contributed by atoms with van der Waals surface area (Å²) in [5, 5.41) is 9.24. The Hall–Kier alpha value is -3.58. The SMILES string of the molecule is CCOc1ccc(CC(=O)O)cc1-c1ccc(F)c2c1CN(C(=O)N(Cl)Cc1ccccc1)CC2. The van der Waals surface area contributed by atoms with Gasteiger partial charge in [0.05, 0.1) is 19.6 Å². The number of carbonyl (C=O) groups is 2. The Morgan fingerprint density at radius 2 is 1.83 bits per heavy atom. The van der Waals surface area contributed by atoms with Gasteiger partial charge in [-0.25, -0.2) is 13.6 Å². The van der Waals surface area contributed by atoms with E-state index in [1.165, 1.54) is 6.07 Å². The summed E-state index contributed by atoms with van der Waals surface area (Å²) in [6, 6.07) is 17.4. The predicted molar refractivity (Wildman–Crippen MR) is 132 cm³/mol. The zero-order chi connectivity index (χ0) is 24.9. The molecule has 0 aliphatic carbocycles. The summed E-state index contributed by atoms with van der Waals surface area (Å²) in [4.78, 5) is 26.0. The van der Waals surface area contributed by atoms with Gasteiger partial charge in [-0.1, -0.05) is 42.5 Å². The lowest BCUT2D eigenvalue weighted by Crippen LogP contribution is -2.41. The quantitative estimate of drug-likeness (QED) is 0.429. The van der Waals surface area contributed by atoms with Gasteiger partial charge in [-0.3, -0.25) is 4.79 Å². The lowest BCUT2D eigenvalue weighted by atomic mass is 9.89. The summed E-state index contributed by atoms with van der Waals surface area (Å²) in [7, 11) is 0. The van der Waals surface area contributed by atoms with Crippen molar-refractivity contribution in [3.8, 4) is 16.9 Å². The molecule has 0 unspecified atom stereocenters. The molecular weight excluding hydrogens is 471 g/mol. The molecule has 1 aliphatic heterocycles. The molecule has 6 nitrogen and oxygen atoms in total. The number of aliphatic carboxylic acids is 1. The summed E-state index contributed by atoms with van der Waals surface area (Å²) >= 11 is 6.34. The first-order valence-corrected chi connectivity index (χ1v) is 11.8. The Kier molecular flexibility index (Phi) is 7.56. The Balaban J connectivity index is 1.67. The van der Waals surface area contributed by atoms with E-state index in [0.717, 1.165) is 9.98 Å². The number of carboxylic acids is 1. The van der Waals surface area contributed by atoms with Gasteiger partial charge in [0.15, 0.2) is 0 Å². The third kappa shape index (κ3) is 5.57. The van der Waals surface area contributed by atoms with Gasteiger partial charge in [-0.15, -0.1) is 0 Å². The fourth-order valence-electron chi connectivity index (χ4n) is 4.37. The van der Waals surface area contributed by atoms with Gasteiger partial charge in [0.2, 0.25) is 0 Å². The molecule has 3 aromatic carbocycles. The van der Waals surface area contributed by atoms with Crippen molar-refractivity contribution in [2.45, 2.75) is 32.9 Å². The molecule has 0 saturated heterocycles. The van der Waals surface area contributed by atoms with Crippen molar-refractivity contribution in [2.75, 3.05) is 13.2 Å². The van der Waals surface area contributed by atoms with E-state index in [4.69, 9.17) is 16.5 Å². The first-order chi connectivity index (χ1) is 16.9. The van der Waals surface area contributed by atoms with Gasteiger partial charge in [0.25, 0.3) is 0 Å². The van der Waals surface area contributed by atoms with Gasteiger partial charge in [-0.2, -0.15) is 0 Å². The van der Waals surface area contributed by atoms with Gasteiger partial charge in [0, 0.05) is 30.4 Å². The molecule has 2 amide bonds. The van der Waals surface area contributed by atoms with Gasteiger partial charge in [0.1, 0.15) is 11.6 Å². The van der Waals surface area contributed by atoms with Crippen molar-refractivity contribution < 1.29 is 23.8 Å². The number of benzene rings is 3. The molecular formula is C27H26ClFN2O4. The van der Waals surface area contributed by atoms with Crippen LogP contribution in [0.4, 0.5) is 9.18 Å². The monoisotopic (exact) mass is 496 g/mol. The number of rotatable bonds is 7. The maximum absolute atomic E-state index is 14.8. The second-order valence-electron chi connectivity index (χ2n) is 8.35. The van der Waals surface area contributed by atoms with Crippen LogP contribution < -0.4 is 4.74 Å². The second kappa shape index (κ2) is 10.8. The van der Waals surface area contributed by atoms with E-state index in [-0.39, 0.29) is 31.4 Å². The Morgan fingerprint density at radius 3 is 2.54 bits per heavy atom. The summed E-state index contributed by atoms with van der Waals surface area (Å²) in [6.07, 6.45) is 0.198. The lowest BCUT2D eigenvalue weighted by Gasteiger charge is -2.33. The minimum absolute atomic E-state index is 0.145. The summed E-state index contributed by atoms with van der Waals surface area (Å²) in [6.45, 7) is 3.03. The van der Waals surface area contributed by atoms with Crippen molar-refractivity contribution in [2.24, 2.45) is 0 Å². The van der Waals surface area contributed by atoms with E-state index in [9.17, 15) is 19.1 Å². The fraction of sp³-hybridized carbons (Fsp3) is 0.259. The molecule has 0 radical (unpaired) electrons. The highest BCUT2D eigenvalue weighted by atomic mass is 35.5. The molecule has 0 fully saturated rings. The number of hydrogen-bond acceptors (Lipinski definition) is 3. The topological polar surface area (TPSA) is 70.1 Å². The van der Waals surface area contributed by atoms with Crippen LogP contribution in [-0.4, -0.2) is 39.6 Å². The highest BCUT2D eigenvalue weighted by molar-refractivity contribution is 6.20. The third-order valence-electron chi connectivity index (χ3n) is 5.99. The average molecular weight is 497 g/mol. The highest BCUT2D eigenvalue weighted by Crippen LogP contribution is 2.38. The largest absolute Gasteiger partial charge is 0.493 e. The summed E-state index contributed by atoms with van der Waals surface area (Å²) < 4.78 is 21.7. The Bertz CT molecular complexity index is 1240. The minimum atomic E-state index is -0.946. The maximum Gasteiger partial charge on any atom is 0.335 e. The maximum atomic E-state index is 14.8. The molecule has 35 heavy (non-hydrogen) atoms. The van der Waals surface area contributed by atoms with Crippen molar-refractivity contribution in [1.29, 1.82) is 0 Å². The Morgan fingerprint density at radius 1 is 1.06 bits per heavy atom. The molecule has 0 atom stereocenters. The third-order valence-corrected chi connectivity index (χ3v) is 6.25. The molecule has 3 aromatic rings. The number of halogens is 2. The summed E-state index contributed by atoms with van der Waals surface area (Å²) in [5.41, 5.74) is 4.09. The zero-order valence-electron chi connectivity index (χ0n) is 19.3. The van der Waals surface area contributed by atoms with Crippen LogP contribution >= 0.6 is 11.8 Å². The van der Waals surface area contributed by atoms with Crippen molar-refractivity contribution >= 4 is 23.8 Å². The van der Waals surface area contributed by atoms with Crippen LogP contribution in [0.5, 0.6) is 5.75 Å². The molecule has 8 heteroatoms. The van der Waals surface area contributed by atoms with E-state index in [1.54, 1.807) is 29.2 Å². The second-order valence-corrected chi connectivity index (χ2v) is 8.75. The van der Waals surface area contributed by atoms with Crippen LogP contribution in [-0.2, 0) is 30.7 Å². The molecule has 1 aliphatic rings. The van der Waals surface area contributed by atoms with Gasteiger partial charge < -0.3 is 14.7 Å². The number of nitrogens with zero attached hydrogens (tertiary/aromatic N) is 2. The van der Waals surface area contributed by atoms with Crippen LogP contribution in [0.25, 0.3) is 11.1 Å². The van der Waals surface area contributed by atoms with Crippen LogP contribution in [0.15, 0.2) is 60.7 Å². The molecule has 1 N–H and O–H groups in total. The molecule has 4 rings (SSSR count). The fourth-order valence-corrected chi connectivity index (χ4v) is 4.61. The number of carbonyl (C=O) groups excluding carboxylic acids is 1. The minimum Gasteiger partial charge on any atom is -0.493 e. The van der Waals surface area contributed by atoms with Gasteiger partial charge in [-0.05, 0) is 59.4 Å². The van der Waals surface area contributed by atoms with Crippen LogP contribution in [0.1, 0.15) is 29.2 Å². The number of urea groups is 1. The number of amides is 2. The van der Waals surface area contributed by atoms with E-state index in [1.807, 2.05) is 37.3 Å². The van der Waals surface area contributed by atoms with Crippen LogP contribution in [0.2, 0.25) is 0 Å². The highest BCUT2D eigenvalue weighted by Gasteiger charge is 2.29. The van der Waals surface area contributed by atoms with Gasteiger partial charge >= 0.3 is 12.0 Å².